The Kier molecular flexibility index (Phi) is 3.48. The van der Waals surface area contributed by atoms with Crippen LogP contribution < -0.4 is 5.73 Å². The molecule has 0 bridgehead atoms. The summed E-state index contributed by atoms with van der Waals surface area (Å²) in [6.45, 7) is 0.299. The Labute approximate surface area is 96.9 Å². The van der Waals surface area contributed by atoms with Crippen LogP contribution in [-0.4, -0.2) is 9.97 Å². The summed E-state index contributed by atoms with van der Waals surface area (Å²) in [6.07, 6.45) is 3.25. The predicted molar refractivity (Wildman–Crippen MR) is 60.4 cm³/mol. The van der Waals surface area contributed by atoms with Gasteiger partial charge in [0.05, 0.1) is 4.90 Å². The van der Waals surface area contributed by atoms with Gasteiger partial charge in [0.15, 0.2) is 5.16 Å². The first-order valence-corrected chi connectivity index (χ1v) is 5.55. The molecule has 16 heavy (non-hydrogen) atoms. The van der Waals surface area contributed by atoms with Crippen molar-refractivity contribution in [1.82, 2.24) is 9.97 Å². The van der Waals surface area contributed by atoms with Crippen molar-refractivity contribution in [1.29, 1.82) is 0 Å². The van der Waals surface area contributed by atoms with Crippen LogP contribution in [0.25, 0.3) is 0 Å². The molecule has 0 radical (unpaired) electrons. The van der Waals surface area contributed by atoms with E-state index >= 15 is 0 Å². The summed E-state index contributed by atoms with van der Waals surface area (Å²) in [6, 6.07) is 6.57. The average Bonchev–Trinajstić information content (AvgIpc) is 2.33. The van der Waals surface area contributed by atoms with Gasteiger partial charge in [0.25, 0.3) is 0 Å². The molecule has 0 aliphatic rings. The topological polar surface area (TPSA) is 51.8 Å². The first-order chi connectivity index (χ1) is 7.81. The lowest BCUT2D eigenvalue weighted by atomic mass is 10.2. The standard InChI is InChI=1S/C11H10FN3S/c12-9-4-1-3-8(7-13)10(9)16-11-14-5-2-6-15-11/h1-6H,7,13H2. The summed E-state index contributed by atoms with van der Waals surface area (Å²) in [4.78, 5) is 8.57. The van der Waals surface area contributed by atoms with Gasteiger partial charge in [-0.25, -0.2) is 14.4 Å². The lowest BCUT2D eigenvalue weighted by Gasteiger charge is -2.06. The van der Waals surface area contributed by atoms with Crippen LogP contribution >= 0.6 is 11.8 Å². The molecule has 0 spiro atoms. The van der Waals surface area contributed by atoms with Gasteiger partial charge in [0.1, 0.15) is 5.82 Å². The lowest BCUT2D eigenvalue weighted by Crippen LogP contribution is -2.00. The number of nitrogens with two attached hydrogens (primary N) is 1. The minimum Gasteiger partial charge on any atom is -0.326 e. The second-order valence-electron chi connectivity index (χ2n) is 3.07. The maximum atomic E-state index is 13.6. The van der Waals surface area contributed by atoms with Crippen molar-refractivity contribution in [2.45, 2.75) is 16.6 Å². The molecule has 0 aliphatic carbocycles. The highest BCUT2D eigenvalue weighted by atomic mass is 32.2. The minimum atomic E-state index is -0.291. The number of benzene rings is 1. The van der Waals surface area contributed by atoms with E-state index in [9.17, 15) is 4.39 Å². The molecule has 0 atom stereocenters. The summed E-state index contributed by atoms with van der Waals surface area (Å²) >= 11 is 1.19. The number of nitrogens with zero attached hydrogens (tertiary/aromatic N) is 2. The zero-order valence-electron chi connectivity index (χ0n) is 8.43. The molecule has 1 aromatic heterocycles. The maximum Gasteiger partial charge on any atom is 0.192 e. The van der Waals surface area contributed by atoms with E-state index < -0.39 is 0 Å². The molecule has 1 aromatic carbocycles. The average molecular weight is 235 g/mol. The molecule has 82 valence electrons. The van der Waals surface area contributed by atoms with Crippen molar-refractivity contribution < 1.29 is 4.39 Å². The van der Waals surface area contributed by atoms with Crippen LogP contribution in [-0.2, 0) is 6.54 Å². The molecule has 0 saturated carbocycles. The zero-order chi connectivity index (χ0) is 11.4. The first-order valence-electron chi connectivity index (χ1n) is 4.73. The normalized spacial score (nSPS) is 10.4. The fourth-order valence-corrected chi connectivity index (χ4v) is 2.12. The maximum absolute atomic E-state index is 13.6. The van der Waals surface area contributed by atoms with Crippen LogP contribution in [0, 0.1) is 5.82 Å². The number of aromatic nitrogens is 2. The lowest BCUT2D eigenvalue weighted by molar-refractivity contribution is 0.596. The van der Waals surface area contributed by atoms with Gasteiger partial charge in [-0.3, -0.25) is 0 Å². The summed E-state index contributed by atoms with van der Waals surface area (Å²) < 4.78 is 13.6. The van der Waals surface area contributed by atoms with E-state index in [0.717, 1.165) is 5.56 Å². The van der Waals surface area contributed by atoms with E-state index in [-0.39, 0.29) is 5.82 Å². The molecule has 2 N–H and O–H groups in total. The van der Waals surface area contributed by atoms with Crippen LogP contribution in [0.3, 0.4) is 0 Å². The summed E-state index contributed by atoms with van der Waals surface area (Å²) in [7, 11) is 0. The number of hydrogen-bond acceptors (Lipinski definition) is 4. The van der Waals surface area contributed by atoms with Gasteiger partial charge in [-0.05, 0) is 29.5 Å². The third kappa shape index (κ3) is 2.37. The summed E-state index contributed by atoms with van der Waals surface area (Å²) in [5.41, 5.74) is 6.31. The molecule has 2 rings (SSSR count). The minimum absolute atomic E-state index is 0.291. The van der Waals surface area contributed by atoms with E-state index in [1.54, 1.807) is 30.6 Å². The van der Waals surface area contributed by atoms with E-state index in [0.29, 0.717) is 16.6 Å². The molecular weight excluding hydrogens is 225 g/mol. The fraction of sp³-hybridized carbons (Fsp3) is 0.0909. The number of hydrogen-bond donors (Lipinski definition) is 1. The SMILES string of the molecule is NCc1cccc(F)c1Sc1ncccn1. The first kappa shape index (κ1) is 11.0. The molecule has 0 saturated heterocycles. The van der Waals surface area contributed by atoms with Crippen molar-refractivity contribution in [2.75, 3.05) is 0 Å². The molecule has 0 aliphatic heterocycles. The summed E-state index contributed by atoms with van der Waals surface area (Å²) in [5, 5.41) is 0.516. The Morgan fingerprint density at radius 3 is 2.62 bits per heavy atom. The highest BCUT2D eigenvalue weighted by Gasteiger charge is 2.10. The smallest absolute Gasteiger partial charge is 0.192 e. The van der Waals surface area contributed by atoms with E-state index in [1.165, 1.54) is 17.8 Å². The van der Waals surface area contributed by atoms with Crippen molar-refractivity contribution >= 4 is 11.8 Å². The van der Waals surface area contributed by atoms with Gasteiger partial charge in [0, 0.05) is 18.9 Å². The molecule has 0 amide bonds. The van der Waals surface area contributed by atoms with E-state index in [1.807, 2.05) is 0 Å². The van der Waals surface area contributed by atoms with E-state index in [4.69, 9.17) is 5.73 Å². The zero-order valence-corrected chi connectivity index (χ0v) is 9.25. The molecule has 5 heteroatoms. The van der Waals surface area contributed by atoms with Crippen LogP contribution in [0.2, 0.25) is 0 Å². The van der Waals surface area contributed by atoms with Crippen LogP contribution in [0.4, 0.5) is 4.39 Å². The Hall–Kier alpha value is -1.46. The van der Waals surface area contributed by atoms with Crippen molar-refractivity contribution in [3.05, 3.63) is 48.0 Å². The Bertz CT molecular complexity index is 476. The third-order valence-corrected chi connectivity index (χ3v) is 3.06. The van der Waals surface area contributed by atoms with Crippen molar-refractivity contribution in [2.24, 2.45) is 5.73 Å². The molecule has 0 fully saturated rings. The predicted octanol–water partition coefficient (Wildman–Crippen LogP) is 2.23. The molecule has 2 aromatic rings. The quantitative estimate of drug-likeness (QED) is 0.829. The van der Waals surface area contributed by atoms with Crippen molar-refractivity contribution in [3.63, 3.8) is 0 Å². The van der Waals surface area contributed by atoms with Gasteiger partial charge in [-0.15, -0.1) is 0 Å². The molecular formula is C11H10FN3S. The van der Waals surface area contributed by atoms with Gasteiger partial charge in [-0.1, -0.05) is 12.1 Å². The molecule has 0 unspecified atom stereocenters. The molecule has 3 nitrogen and oxygen atoms in total. The Balaban J connectivity index is 2.34. The van der Waals surface area contributed by atoms with Crippen molar-refractivity contribution in [3.8, 4) is 0 Å². The Morgan fingerprint density at radius 2 is 1.94 bits per heavy atom. The third-order valence-electron chi connectivity index (χ3n) is 2.00. The number of halogens is 1. The van der Waals surface area contributed by atoms with Gasteiger partial charge < -0.3 is 5.73 Å². The van der Waals surface area contributed by atoms with Crippen LogP contribution in [0.1, 0.15) is 5.56 Å². The van der Waals surface area contributed by atoms with Gasteiger partial charge >= 0.3 is 0 Å². The van der Waals surface area contributed by atoms with Crippen LogP contribution in [0.15, 0.2) is 46.7 Å². The van der Waals surface area contributed by atoms with Gasteiger partial charge in [0.2, 0.25) is 0 Å². The summed E-state index contributed by atoms with van der Waals surface area (Å²) in [5.74, 6) is -0.291. The highest BCUT2D eigenvalue weighted by Crippen LogP contribution is 2.29. The molecule has 1 heterocycles. The van der Waals surface area contributed by atoms with E-state index in [2.05, 4.69) is 9.97 Å². The second-order valence-corrected chi connectivity index (χ2v) is 4.04. The van der Waals surface area contributed by atoms with Gasteiger partial charge in [-0.2, -0.15) is 0 Å². The Morgan fingerprint density at radius 1 is 1.19 bits per heavy atom. The van der Waals surface area contributed by atoms with Crippen LogP contribution in [0.5, 0.6) is 0 Å². The number of rotatable bonds is 3. The monoisotopic (exact) mass is 235 g/mol. The highest BCUT2D eigenvalue weighted by molar-refractivity contribution is 7.99. The fourth-order valence-electron chi connectivity index (χ4n) is 1.26. The largest absolute Gasteiger partial charge is 0.326 e. The second kappa shape index (κ2) is 5.05.